The zero-order valence-electron chi connectivity index (χ0n) is 16.4. The fourth-order valence-electron chi connectivity index (χ4n) is 3.35. The molecule has 11 heteroatoms. The number of aliphatic hydroxyl groups is 1. The van der Waals surface area contributed by atoms with Gasteiger partial charge in [-0.2, -0.15) is 18.3 Å². The summed E-state index contributed by atoms with van der Waals surface area (Å²) in [6.07, 6.45) is -3.26. The predicted octanol–water partition coefficient (Wildman–Crippen LogP) is 1.89. The molecule has 0 aliphatic heterocycles. The van der Waals surface area contributed by atoms with Gasteiger partial charge < -0.3 is 15.0 Å². The van der Waals surface area contributed by atoms with Crippen molar-refractivity contribution in [2.75, 3.05) is 6.54 Å². The van der Waals surface area contributed by atoms with Crippen LogP contribution in [0.2, 0.25) is 0 Å². The Kier molecular flexibility index (Phi) is 5.11. The lowest BCUT2D eigenvalue weighted by Gasteiger charge is -2.30. The van der Waals surface area contributed by atoms with Crippen LogP contribution in [0.15, 0.2) is 18.5 Å². The number of aryl methyl sites for hydroxylation is 4. The summed E-state index contributed by atoms with van der Waals surface area (Å²) in [6, 6.07) is 1.56. The second-order valence-corrected chi connectivity index (χ2v) is 6.94. The van der Waals surface area contributed by atoms with Crippen LogP contribution in [0.4, 0.5) is 13.2 Å². The van der Waals surface area contributed by atoms with Gasteiger partial charge in [0.1, 0.15) is 5.82 Å². The largest absolute Gasteiger partial charge is 0.424 e. The number of pyridine rings is 1. The molecule has 0 saturated heterocycles. The maximum atomic E-state index is 13.6. The highest BCUT2D eigenvalue weighted by atomic mass is 19.4. The highest BCUT2D eigenvalue weighted by Crippen LogP contribution is 2.40. The van der Waals surface area contributed by atoms with Crippen molar-refractivity contribution >= 4 is 16.9 Å². The maximum Gasteiger partial charge on any atom is 0.424 e. The quantitative estimate of drug-likeness (QED) is 0.670. The van der Waals surface area contributed by atoms with E-state index in [1.165, 1.54) is 24.1 Å². The minimum Gasteiger partial charge on any atom is -0.374 e. The van der Waals surface area contributed by atoms with Gasteiger partial charge in [-0.25, -0.2) is 9.97 Å². The van der Waals surface area contributed by atoms with Gasteiger partial charge >= 0.3 is 6.18 Å². The van der Waals surface area contributed by atoms with E-state index in [0.717, 1.165) is 4.57 Å². The number of carbonyl (C=O) groups excluding carboxylic acids is 1. The lowest BCUT2D eigenvalue weighted by Crippen LogP contribution is -2.46. The Bertz CT molecular complexity index is 1070. The molecular formula is C18H21F3N6O2. The topological polar surface area (TPSA) is 97.9 Å². The lowest BCUT2D eigenvalue weighted by atomic mass is 9.97. The highest BCUT2D eigenvalue weighted by Gasteiger charge is 2.57. The number of amides is 1. The molecule has 0 radical (unpaired) electrons. The third-order valence-electron chi connectivity index (χ3n) is 4.77. The van der Waals surface area contributed by atoms with Gasteiger partial charge in [-0.05, 0) is 19.9 Å². The van der Waals surface area contributed by atoms with Crippen molar-refractivity contribution < 1.29 is 23.1 Å². The number of nitrogens with one attached hydrogen (secondary N) is 1. The van der Waals surface area contributed by atoms with Gasteiger partial charge in [-0.1, -0.05) is 0 Å². The molecule has 29 heavy (non-hydrogen) atoms. The van der Waals surface area contributed by atoms with Crippen molar-refractivity contribution in [3.63, 3.8) is 0 Å². The van der Waals surface area contributed by atoms with Crippen LogP contribution in [0, 0.1) is 13.8 Å². The lowest BCUT2D eigenvalue weighted by molar-refractivity contribution is -0.272. The number of hydrogen-bond acceptors (Lipinski definition) is 5. The Labute approximate surface area is 164 Å². The molecule has 0 spiro atoms. The summed E-state index contributed by atoms with van der Waals surface area (Å²) in [6.45, 7) is 3.02. The highest BCUT2D eigenvalue weighted by molar-refractivity contribution is 6.06. The number of rotatable bonds is 5. The average Bonchev–Trinajstić information content (AvgIpc) is 3.16. The van der Waals surface area contributed by atoms with Crippen molar-refractivity contribution in [3.05, 3.63) is 41.2 Å². The first-order valence-electron chi connectivity index (χ1n) is 8.81. The predicted molar refractivity (Wildman–Crippen MR) is 98.1 cm³/mol. The fraction of sp³-hybridized carbons (Fsp3) is 0.444. The van der Waals surface area contributed by atoms with Crippen LogP contribution < -0.4 is 5.32 Å². The molecule has 0 bridgehead atoms. The number of imidazole rings is 1. The second-order valence-electron chi connectivity index (χ2n) is 6.94. The van der Waals surface area contributed by atoms with E-state index in [9.17, 15) is 23.1 Å². The van der Waals surface area contributed by atoms with Crippen LogP contribution in [0.5, 0.6) is 0 Å². The number of carbonyl (C=O) groups is 1. The number of alkyl halides is 3. The van der Waals surface area contributed by atoms with Crippen LogP contribution in [-0.2, 0) is 19.7 Å². The monoisotopic (exact) mass is 410 g/mol. The molecule has 0 aromatic carbocycles. The molecule has 1 amide bonds. The summed E-state index contributed by atoms with van der Waals surface area (Å²) in [5, 5.41) is 17.6. The first-order valence-corrected chi connectivity index (χ1v) is 8.81. The first kappa shape index (κ1) is 20.8. The van der Waals surface area contributed by atoms with E-state index in [0.29, 0.717) is 22.4 Å². The number of hydrogen-bond donors (Lipinski definition) is 2. The van der Waals surface area contributed by atoms with Crippen LogP contribution in [0.1, 0.15) is 34.0 Å². The molecule has 3 aromatic rings. The molecule has 3 heterocycles. The molecule has 1 unspecified atom stereocenters. The molecular weight excluding hydrogens is 389 g/mol. The zero-order valence-corrected chi connectivity index (χ0v) is 16.4. The molecule has 3 aromatic heterocycles. The SMILES string of the molecule is Cc1cc(C(=O)NCCC(O)(c2nccn2C)C(F)(F)F)c2c(C)nn(C)c2n1. The van der Waals surface area contributed by atoms with Crippen LogP contribution >= 0.6 is 0 Å². The maximum absolute atomic E-state index is 13.6. The summed E-state index contributed by atoms with van der Waals surface area (Å²) < 4.78 is 43.4. The van der Waals surface area contributed by atoms with E-state index in [4.69, 9.17) is 0 Å². The molecule has 1 atom stereocenters. The van der Waals surface area contributed by atoms with Crippen molar-refractivity contribution in [2.24, 2.45) is 14.1 Å². The molecule has 156 valence electrons. The molecule has 0 fully saturated rings. The van der Waals surface area contributed by atoms with Crippen LogP contribution in [0.25, 0.3) is 11.0 Å². The molecule has 8 nitrogen and oxygen atoms in total. The van der Waals surface area contributed by atoms with Crippen molar-refractivity contribution in [2.45, 2.75) is 32.0 Å². The zero-order chi connectivity index (χ0) is 21.6. The van der Waals surface area contributed by atoms with Crippen molar-refractivity contribution in [1.82, 2.24) is 29.6 Å². The van der Waals surface area contributed by atoms with Gasteiger partial charge in [0.05, 0.1) is 16.6 Å². The minimum atomic E-state index is -4.96. The number of nitrogens with zero attached hydrogens (tertiary/aromatic N) is 5. The third-order valence-corrected chi connectivity index (χ3v) is 4.77. The van der Waals surface area contributed by atoms with E-state index in [1.54, 1.807) is 27.0 Å². The molecule has 3 rings (SSSR count). The second kappa shape index (κ2) is 7.14. The standard InChI is InChI=1S/C18H21F3N6O2/c1-10-9-12(13-11(2)25-27(4)14(13)24-10)15(28)22-6-5-17(29,18(19,20)21)16-23-7-8-26(16)3/h7-9,29H,5-6H2,1-4H3,(H,22,28). The van der Waals surface area contributed by atoms with Gasteiger partial charge in [0.15, 0.2) is 5.65 Å². The van der Waals surface area contributed by atoms with E-state index in [-0.39, 0.29) is 5.56 Å². The Morgan fingerprint density at radius 3 is 2.55 bits per heavy atom. The van der Waals surface area contributed by atoms with Crippen LogP contribution in [-0.4, -0.2) is 48.1 Å². The normalized spacial score (nSPS) is 14.2. The first-order chi connectivity index (χ1) is 13.5. The number of halogens is 3. The minimum absolute atomic E-state index is 0.269. The van der Waals surface area contributed by atoms with Crippen molar-refractivity contribution in [1.29, 1.82) is 0 Å². The molecule has 0 aliphatic carbocycles. The molecule has 0 saturated carbocycles. The van der Waals surface area contributed by atoms with Crippen molar-refractivity contribution in [3.8, 4) is 0 Å². The van der Waals surface area contributed by atoms with Gasteiger partial charge in [-0.3, -0.25) is 9.48 Å². The van der Waals surface area contributed by atoms with E-state index in [1.807, 2.05) is 0 Å². The summed E-state index contributed by atoms with van der Waals surface area (Å²) in [5.41, 5.74) is -1.25. The Balaban J connectivity index is 1.84. The van der Waals surface area contributed by atoms with Gasteiger partial charge in [0.25, 0.3) is 5.91 Å². The van der Waals surface area contributed by atoms with Gasteiger partial charge in [0, 0.05) is 45.1 Å². The number of fused-ring (bicyclic) bond motifs is 1. The summed E-state index contributed by atoms with van der Waals surface area (Å²) in [4.78, 5) is 20.7. The Morgan fingerprint density at radius 2 is 1.97 bits per heavy atom. The smallest absolute Gasteiger partial charge is 0.374 e. The summed E-state index contributed by atoms with van der Waals surface area (Å²) in [7, 11) is 3.05. The summed E-state index contributed by atoms with van der Waals surface area (Å²) >= 11 is 0. The third kappa shape index (κ3) is 3.57. The van der Waals surface area contributed by atoms with E-state index in [2.05, 4.69) is 20.4 Å². The number of aromatic nitrogens is 5. The summed E-state index contributed by atoms with van der Waals surface area (Å²) in [5.74, 6) is -1.11. The fourth-order valence-corrected chi connectivity index (χ4v) is 3.35. The van der Waals surface area contributed by atoms with Gasteiger partial charge in [0.2, 0.25) is 5.60 Å². The van der Waals surface area contributed by atoms with E-state index >= 15 is 0 Å². The molecule has 2 N–H and O–H groups in total. The van der Waals surface area contributed by atoms with E-state index < -0.39 is 36.5 Å². The Hall–Kier alpha value is -2.95. The Morgan fingerprint density at radius 1 is 1.28 bits per heavy atom. The van der Waals surface area contributed by atoms with Crippen LogP contribution in [0.3, 0.4) is 0 Å². The molecule has 0 aliphatic rings. The average molecular weight is 410 g/mol. The van der Waals surface area contributed by atoms with Gasteiger partial charge in [-0.15, -0.1) is 0 Å².